The number of hydrogen-bond donors (Lipinski definition) is 4. The predicted molar refractivity (Wildman–Crippen MR) is 70.2 cm³/mol. The van der Waals surface area contributed by atoms with E-state index in [1.807, 2.05) is 0 Å². The van der Waals surface area contributed by atoms with Crippen LogP contribution in [0.1, 0.15) is 13.2 Å². The zero-order valence-corrected chi connectivity index (χ0v) is 11.1. The van der Waals surface area contributed by atoms with Gasteiger partial charge in [-0.15, -0.1) is 6.42 Å². The monoisotopic (exact) mass is 298 g/mol. The molecule has 1 fully saturated rings. The van der Waals surface area contributed by atoms with Crippen molar-refractivity contribution in [2.75, 3.05) is 5.73 Å². The Labute approximate surface area is 119 Å². The Morgan fingerprint density at radius 1 is 1.71 bits per heavy atom. The molecule has 114 valence electrons. The summed E-state index contributed by atoms with van der Waals surface area (Å²) in [4.78, 5) is 15.1. The van der Waals surface area contributed by atoms with Gasteiger partial charge in [0, 0.05) is 0 Å². The Morgan fingerprint density at radius 3 is 2.86 bits per heavy atom. The second-order valence-corrected chi connectivity index (χ2v) is 4.88. The molecule has 2 heterocycles. The molecule has 0 amide bonds. The van der Waals surface area contributed by atoms with E-state index in [9.17, 15) is 19.4 Å². The standard InChI is InChI=1S/C12H15FN4O4/c1-3-12(15)8(19)7(5(2)18)21-10(12)17-4-6(13)9(14)16-11(17)20/h1,4-5,7-8,10,18-19H,15H2,2H3,(H2,14,16,20)/t5-,7+,8-,10+,12?/m0/s1. The molecule has 1 aromatic rings. The summed E-state index contributed by atoms with van der Waals surface area (Å²) in [6.07, 6.45) is 0.959. The van der Waals surface area contributed by atoms with Crippen LogP contribution >= 0.6 is 0 Å². The summed E-state index contributed by atoms with van der Waals surface area (Å²) in [7, 11) is 0. The Kier molecular flexibility index (Phi) is 3.73. The lowest BCUT2D eigenvalue weighted by molar-refractivity contribution is -0.0780. The molecule has 0 bridgehead atoms. The summed E-state index contributed by atoms with van der Waals surface area (Å²) in [5, 5.41) is 19.7. The molecular formula is C12H15FN4O4. The molecule has 21 heavy (non-hydrogen) atoms. The van der Waals surface area contributed by atoms with Crippen LogP contribution in [0.25, 0.3) is 0 Å². The Balaban J connectivity index is 2.56. The maximum atomic E-state index is 13.5. The van der Waals surface area contributed by atoms with Gasteiger partial charge in [-0.2, -0.15) is 4.98 Å². The Morgan fingerprint density at radius 2 is 2.33 bits per heavy atom. The van der Waals surface area contributed by atoms with E-state index in [1.165, 1.54) is 6.92 Å². The van der Waals surface area contributed by atoms with Crippen LogP contribution in [0.5, 0.6) is 0 Å². The zero-order valence-electron chi connectivity index (χ0n) is 11.1. The van der Waals surface area contributed by atoms with Gasteiger partial charge >= 0.3 is 5.69 Å². The van der Waals surface area contributed by atoms with Gasteiger partial charge in [0.2, 0.25) is 0 Å². The molecule has 9 heteroatoms. The summed E-state index contributed by atoms with van der Waals surface area (Å²) in [6.45, 7) is 1.36. The molecule has 0 spiro atoms. The molecule has 0 aromatic carbocycles. The van der Waals surface area contributed by atoms with Crippen LogP contribution in [-0.2, 0) is 4.74 Å². The molecule has 1 aromatic heterocycles. The number of anilines is 1. The van der Waals surface area contributed by atoms with E-state index in [-0.39, 0.29) is 0 Å². The number of ether oxygens (including phenoxy) is 1. The lowest BCUT2D eigenvalue weighted by Gasteiger charge is -2.27. The van der Waals surface area contributed by atoms with Crippen LogP contribution in [0.4, 0.5) is 10.2 Å². The molecule has 0 saturated carbocycles. The summed E-state index contributed by atoms with van der Waals surface area (Å²) >= 11 is 0. The highest BCUT2D eigenvalue weighted by Crippen LogP contribution is 2.37. The number of aromatic nitrogens is 2. The topological polar surface area (TPSA) is 137 Å². The number of halogens is 1. The summed E-state index contributed by atoms with van der Waals surface area (Å²) < 4.78 is 19.6. The first kappa shape index (κ1) is 15.4. The summed E-state index contributed by atoms with van der Waals surface area (Å²) in [6, 6.07) is 0. The Bertz CT molecular complexity index is 656. The number of nitrogen functional groups attached to an aromatic ring is 1. The van der Waals surface area contributed by atoms with E-state index in [0.717, 1.165) is 6.20 Å². The second kappa shape index (κ2) is 5.09. The van der Waals surface area contributed by atoms with Crippen molar-refractivity contribution in [2.45, 2.75) is 37.0 Å². The summed E-state index contributed by atoms with van der Waals surface area (Å²) in [5.74, 6) is 0.592. The highest BCUT2D eigenvalue weighted by Gasteiger charge is 2.55. The molecule has 0 aliphatic carbocycles. The lowest BCUT2D eigenvalue weighted by atomic mass is 9.90. The molecule has 6 N–H and O–H groups in total. The van der Waals surface area contributed by atoms with Crippen molar-refractivity contribution in [2.24, 2.45) is 5.73 Å². The van der Waals surface area contributed by atoms with Crippen LogP contribution in [0.3, 0.4) is 0 Å². The molecule has 1 unspecified atom stereocenters. The first-order chi connectivity index (χ1) is 9.72. The number of aliphatic hydroxyl groups excluding tert-OH is 2. The van der Waals surface area contributed by atoms with E-state index in [1.54, 1.807) is 0 Å². The largest absolute Gasteiger partial charge is 0.391 e. The van der Waals surface area contributed by atoms with Crippen molar-refractivity contribution in [3.63, 3.8) is 0 Å². The third-order valence-corrected chi connectivity index (χ3v) is 3.41. The number of rotatable bonds is 2. The number of terminal acetylenes is 1. The van der Waals surface area contributed by atoms with E-state index in [0.29, 0.717) is 4.57 Å². The minimum atomic E-state index is -1.84. The smallest absolute Gasteiger partial charge is 0.351 e. The van der Waals surface area contributed by atoms with Gasteiger partial charge in [-0.05, 0) is 6.92 Å². The average Bonchev–Trinajstić information content (AvgIpc) is 2.68. The van der Waals surface area contributed by atoms with Crippen molar-refractivity contribution < 1.29 is 19.3 Å². The molecule has 0 radical (unpaired) electrons. The minimum Gasteiger partial charge on any atom is -0.391 e. The van der Waals surface area contributed by atoms with Crippen molar-refractivity contribution >= 4 is 5.82 Å². The van der Waals surface area contributed by atoms with Crippen molar-refractivity contribution in [1.82, 2.24) is 9.55 Å². The molecule has 1 aliphatic rings. The van der Waals surface area contributed by atoms with Crippen LogP contribution in [0.2, 0.25) is 0 Å². The van der Waals surface area contributed by atoms with E-state index in [2.05, 4.69) is 10.9 Å². The fourth-order valence-electron chi connectivity index (χ4n) is 2.21. The number of nitrogens with zero attached hydrogens (tertiary/aromatic N) is 2. The molecule has 5 atom stereocenters. The molecule has 1 saturated heterocycles. The molecular weight excluding hydrogens is 283 g/mol. The average molecular weight is 298 g/mol. The van der Waals surface area contributed by atoms with Gasteiger partial charge in [0.25, 0.3) is 0 Å². The van der Waals surface area contributed by atoms with Crippen LogP contribution in [0.15, 0.2) is 11.0 Å². The van der Waals surface area contributed by atoms with Gasteiger partial charge in [-0.1, -0.05) is 5.92 Å². The molecule has 2 rings (SSSR count). The van der Waals surface area contributed by atoms with Crippen LogP contribution in [0, 0.1) is 18.2 Å². The van der Waals surface area contributed by atoms with E-state index < -0.39 is 47.4 Å². The molecule has 8 nitrogen and oxygen atoms in total. The minimum absolute atomic E-state index is 0.579. The van der Waals surface area contributed by atoms with E-state index >= 15 is 0 Å². The third kappa shape index (κ3) is 2.28. The number of aliphatic hydroxyl groups is 2. The SMILES string of the molecule is C#CC1(N)[C@@H](O)[C@@H]([C@H](C)O)O[C@H]1n1cc(F)c(N)nc1=O. The highest BCUT2D eigenvalue weighted by molar-refractivity contribution is 5.28. The van der Waals surface area contributed by atoms with Crippen molar-refractivity contribution in [1.29, 1.82) is 0 Å². The van der Waals surface area contributed by atoms with E-state index in [4.69, 9.17) is 22.6 Å². The fourth-order valence-corrected chi connectivity index (χ4v) is 2.21. The third-order valence-electron chi connectivity index (χ3n) is 3.41. The quantitative estimate of drug-likeness (QED) is 0.460. The van der Waals surface area contributed by atoms with Gasteiger partial charge in [-0.3, -0.25) is 4.57 Å². The summed E-state index contributed by atoms with van der Waals surface area (Å²) in [5.41, 5.74) is 8.31. The maximum Gasteiger partial charge on any atom is 0.351 e. The zero-order chi connectivity index (χ0) is 15.9. The van der Waals surface area contributed by atoms with Crippen molar-refractivity contribution in [3.8, 4) is 12.3 Å². The Hall–Kier alpha value is -1.99. The lowest BCUT2D eigenvalue weighted by Crippen LogP contribution is -2.55. The highest BCUT2D eigenvalue weighted by atomic mass is 19.1. The first-order valence-electron chi connectivity index (χ1n) is 6.04. The normalized spacial score (nSPS) is 33.6. The van der Waals surface area contributed by atoms with Gasteiger partial charge in [0.05, 0.1) is 12.3 Å². The van der Waals surface area contributed by atoms with Gasteiger partial charge in [0.15, 0.2) is 23.4 Å². The van der Waals surface area contributed by atoms with Gasteiger partial charge < -0.3 is 26.4 Å². The van der Waals surface area contributed by atoms with Crippen molar-refractivity contribution in [3.05, 3.63) is 22.5 Å². The maximum absolute atomic E-state index is 13.5. The number of nitrogens with two attached hydrogens (primary N) is 2. The molecule has 1 aliphatic heterocycles. The van der Waals surface area contributed by atoms with Gasteiger partial charge in [0.1, 0.15) is 12.2 Å². The van der Waals surface area contributed by atoms with Gasteiger partial charge in [-0.25, -0.2) is 9.18 Å². The first-order valence-corrected chi connectivity index (χ1v) is 6.04. The van der Waals surface area contributed by atoms with Crippen LogP contribution < -0.4 is 17.2 Å². The number of hydrogen-bond acceptors (Lipinski definition) is 7. The fraction of sp³-hybridized carbons (Fsp3) is 0.500. The second-order valence-electron chi connectivity index (χ2n) is 4.88. The predicted octanol–water partition coefficient (Wildman–Crippen LogP) is -2.07. The van der Waals surface area contributed by atoms with Crippen LogP contribution in [-0.4, -0.2) is 43.6 Å².